The van der Waals surface area contributed by atoms with Crippen molar-refractivity contribution in [1.29, 1.82) is 0 Å². The summed E-state index contributed by atoms with van der Waals surface area (Å²) in [6, 6.07) is 7.94. The zero-order valence-corrected chi connectivity index (χ0v) is 7.88. The quantitative estimate of drug-likeness (QED) is 0.624. The number of carbonyl (C=O) groups is 1. The van der Waals surface area contributed by atoms with Gasteiger partial charge in [0.1, 0.15) is 5.37 Å². The minimum Gasteiger partial charge on any atom is -0.322 e. The molecule has 1 aromatic rings. The van der Waals surface area contributed by atoms with Crippen molar-refractivity contribution in [1.82, 2.24) is 4.90 Å². The van der Waals surface area contributed by atoms with Gasteiger partial charge in [0.15, 0.2) is 0 Å². The third-order valence-corrected chi connectivity index (χ3v) is 3.85. The topological polar surface area (TPSA) is 20.3 Å². The van der Waals surface area contributed by atoms with Crippen LogP contribution in [0.2, 0.25) is 0 Å². The van der Waals surface area contributed by atoms with Crippen molar-refractivity contribution in [3.8, 4) is 0 Å². The second-order valence-electron chi connectivity index (χ2n) is 3.31. The number of rotatable bonds is 0. The third kappa shape index (κ3) is 0.879. The average molecular weight is 191 g/mol. The molecular formula is C10H9NOS. The lowest BCUT2D eigenvalue weighted by Gasteiger charge is -2.13. The van der Waals surface area contributed by atoms with Crippen LogP contribution in [0.3, 0.4) is 0 Å². The van der Waals surface area contributed by atoms with Gasteiger partial charge in [-0.05, 0) is 11.6 Å². The van der Waals surface area contributed by atoms with Crippen LogP contribution in [0.25, 0.3) is 0 Å². The largest absolute Gasteiger partial charge is 0.322 e. The first-order valence-electron chi connectivity index (χ1n) is 4.39. The van der Waals surface area contributed by atoms with Crippen LogP contribution < -0.4 is 0 Å². The van der Waals surface area contributed by atoms with E-state index < -0.39 is 0 Å². The van der Waals surface area contributed by atoms with Gasteiger partial charge in [-0.15, -0.1) is 11.8 Å². The Morgan fingerprint density at radius 2 is 2.23 bits per heavy atom. The van der Waals surface area contributed by atoms with E-state index in [1.54, 1.807) is 0 Å². The predicted octanol–water partition coefficient (Wildman–Crippen LogP) is 1.89. The van der Waals surface area contributed by atoms with Gasteiger partial charge in [0.05, 0.1) is 0 Å². The molecule has 66 valence electrons. The van der Waals surface area contributed by atoms with Crippen molar-refractivity contribution in [3.63, 3.8) is 0 Å². The molecule has 0 radical (unpaired) electrons. The summed E-state index contributed by atoms with van der Waals surface area (Å²) in [6.45, 7) is 0.906. The maximum Gasteiger partial charge on any atom is 0.255 e. The second-order valence-corrected chi connectivity index (χ2v) is 4.50. The van der Waals surface area contributed by atoms with Crippen LogP contribution in [-0.4, -0.2) is 23.1 Å². The molecule has 0 unspecified atom stereocenters. The maximum absolute atomic E-state index is 11.8. The van der Waals surface area contributed by atoms with Gasteiger partial charge in [-0.2, -0.15) is 0 Å². The first kappa shape index (κ1) is 7.44. The minimum absolute atomic E-state index is 0.214. The molecule has 2 heterocycles. The van der Waals surface area contributed by atoms with Crippen molar-refractivity contribution >= 4 is 17.7 Å². The molecule has 0 aliphatic carbocycles. The van der Waals surface area contributed by atoms with Crippen molar-refractivity contribution in [2.24, 2.45) is 0 Å². The molecule has 13 heavy (non-hydrogen) atoms. The lowest BCUT2D eigenvalue weighted by atomic mass is 10.1. The molecule has 3 heteroatoms. The molecule has 3 rings (SSSR count). The Hall–Kier alpha value is -0.960. The van der Waals surface area contributed by atoms with Crippen LogP contribution in [0, 0.1) is 0 Å². The van der Waals surface area contributed by atoms with Crippen molar-refractivity contribution in [2.45, 2.75) is 5.37 Å². The van der Waals surface area contributed by atoms with E-state index in [1.165, 1.54) is 5.56 Å². The molecule has 2 nitrogen and oxygen atoms in total. The van der Waals surface area contributed by atoms with Crippen molar-refractivity contribution < 1.29 is 4.79 Å². The molecule has 1 amide bonds. The fourth-order valence-corrected chi connectivity index (χ4v) is 3.29. The summed E-state index contributed by atoms with van der Waals surface area (Å²) in [5.41, 5.74) is 2.11. The van der Waals surface area contributed by atoms with Gasteiger partial charge in [0.25, 0.3) is 5.91 Å². The zero-order valence-electron chi connectivity index (χ0n) is 7.06. The van der Waals surface area contributed by atoms with Gasteiger partial charge in [-0.25, -0.2) is 0 Å². The summed E-state index contributed by atoms with van der Waals surface area (Å²) in [5, 5.41) is 0.309. The Labute approximate surface area is 80.9 Å². The third-order valence-electron chi connectivity index (χ3n) is 2.61. The monoisotopic (exact) mass is 191 g/mol. The van der Waals surface area contributed by atoms with Gasteiger partial charge in [0, 0.05) is 17.9 Å². The standard InChI is InChI=1S/C10H9NOS/c12-9-7-3-1-2-4-8(7)10-11(9)5-6-13-10/h1-4,10H,5-6H2/t10-/m0/s1. The van der Waals surface area contributed by atoms with E-state index in [2.05, 4.69) is 6.07 Å². The van der Waals surface area contributed by atoms with Crippen molar-refractivity contribution in [2.75, 3.05) is 12.3 Å². The molecule has 0 spiro atoms. The van der Waals surface area contributed by atoms with E-state index in [4.69, 9.17) is 0 Å². The lowest BCUT2D eigenvalue weighted by Crippen LogP contribution is -2.22. The molecule has 2 aliphatic heterocycles. The van der Waals surface area contributed by atoms with Gasteiger partial charge in [-0.3, -0.25) is 4.79 Å². The van der Waals surface area contributed by atoms with E-state index >= 15 is 0 Å². The molecular weight excluding hydrogens is 182 g/mol. The van der Waals surface area contributed by atoms with E-state index in [0.29, 0.717) is 5.37 Å². The summed E-state index contributed by atoms with van der Waals surface area (Å²) in [6.07, 6.45) is 0. The van der Waals surface area contributed by atoms with Crippen LogP contribution in [-0.2, 0) is 0 Å². The fraction of sp³-hybridized carbons (Fsp3) is 0.300. The van der Waals surface area contributed by atoms with Gasteiger partial charge >= 0.3 is 0 Å². The minimum atomic E-state index is 0.214. The Kier molecular flexibility index (Phi) is 1.44. The Morgan fingerprint density at radius 3 is 3.15 bits per heavy atom. The molecule has 2 aliphatic rings. The highest BCUT2D eigenvalue weighted by molar-refractivity contribution is 7.99. The van der Waals surface area contributed by atoms with Crippen LogP contribution in [0.1, 0.15) is 21.3 Å². The number of hydrogen-bond donors (Lipinski definition) is 0. The van der Waals surface area contributed by atoms with Crippen LogP contribution >= 0.6 is 11.8 Å². The van der Waals surface area contributed by atoms with Gasteiger partial charge < -0.3 is 4.90 Å². The van der Waals surface area contributed by atoms with Crippen molar-refractivity contribution in [3.05, 3.63) is 35.4 Å². The number of thioether (sulfide) groups is 1. The summed E-state index contributed by atoms with van der Waals surface area (Å²) in [7, 11) is 0. The maximum atomic E-state index is 11.8. The van der Waals surface area contributed by atoms with Crippen LogP contribution in [0.15, 0.2) is 24.3 Å². The molecule has 0 bridgehead atoms. The number of benzene rings is 1. The van der Waals surface area contributed by atoms with Crippen LogP contribution in [0.5, 0.6) is 0 Å². The van der Waals surface area contributed by atoms with E-state index in [1.807, 2.05) is 34.9 Å². The number of fused-ring (bicyclic) bond motifs is 3. The van der Waals surface area contributed by atoms with Gasteiger partial charge in [0.2, 0.25) is 0 Å². The predicted molar refractivity (Wildman–Crippen MR) is 52.7 cm³/mol. The summed E-state index contributed by atoms with van der Waals surface area (Å²) >= 11 is 1.86. The first-order valence-corrected chi connectivity index (χ1v) is 5.44. The number of nitrogens with zero attached hydrogens (tertiary/aromatic N) is 1. The highest BCUT2D eigenvalue weighted by atomic mass is 32.2. The van der Waals surface area contributed by atoms with E-state index in [9.17, 15) is 4.79 Å². The van der Waals surface area contributed by atoms with Crippen LogP contribution in [0.4, 0.5) is 0 Å². The summed E-state index contributed by atoms with van der Waals surface area (Å²) in [4.78, 5) is 13.8. The number of hydrogen-bond acceptors (Lipinski definition) is 2. The Morgan fingerprint density at radius 1 is 1.38 bits per heavy atom. The number of amides is 1. The summed E-state index contributed by atoms with van der Waals surface area (Å²) < 4.78 is 0. The van der Waals surface area contributed by atoms with Gasteiger partial charge in [-0.1, -0.05) is 18.2 Å². The highest BCUT2D eigenvalue weighted by Gasteiger charge is 2.39. The molecule has 1 aromatic carbocycles. The first-order chi connectivity index (χ1) is 6.38. The molecule has 0 aromatic heterocycles. The normalized spacial score (nSPS) is 24.8. The number of carbonyl (C=O) groups excluding carboxylic acids is 1. The highest BCUT2D eigenvalue weighted by Crippen LogP contribution is 2.44. The molecule has 0 saturated carbocycles. The lowest BCUT2D eigenvalue weighted by molar-refractivity contribution is 0.0794. The molecule has 0 N–H and O–H groups in total. The summed E-state index contributed by atoms with van der Waals surface area (Å²) in [5.74, 6) is 1.29. The SMILES string of the molecule is O=C1c2ccccc2[C@@H]2SCCN12. The molecule has 1 atom stereocenters. The zero-order chi connectivity index (χ0) is 8.84. The van der Waals surface area contributed by atoms with E-state index in [0.717, 1.165) is 17.9 Å². The smallest absolute Gasteiger partial charge is 0.255 e. The Balaban J connectivity index is 2.19. The fourth-order valence-electron chi connectivity index (χ4n) is 2.00. The molecule has 1 fully saturated rings. The average Bonchev–Trinajstić information content (AvgIpc) is 2.72. The second kappa shape index (κ2) is 2.51. The van der Waals surface area contributed by atoms with E-state index in [-0.39, 0.29) is 5.91 Å². The molecule has 1 saturated heterocycles. The Bertz CT molecular complexity index is 377.